The predicted octanol–water partition coefficient (Wildman–Crippen LogP) is -1.65. The van der Waals surface area contributed by atoms with Gasteiger partial charge in [-0.3, -0.25) is 19.7 Å². The van der Waals surface area contributed by atoms with Gasteiger partial charge in [-0.15, -0.1) is 0 Å². The molecule has 0 aromatic heterocycles. The van der Waals surface area contributed by atoms with Crippen LogP contribution < -0.4 is 16.2 Å². The summed E-state index contributed by atoms with van der Waals surface area (Å²) in [6.45, 7) is 0.490. The number of imide groups is 1. The maximum Gasteiger partial charge on any atom is 0.416 e. The minimum atomic E-state index is -4.80. The predicted molar refractivity (Wildman–Crippen MR) is 126 cm³/mol. The first-order valence-electron chi connectivity index (χ1n) is 11.7. The summed E-state index contributed by atoms with van der Waals surface area (Å²) in [5.74, 6) is -1.65. The summed E-state index contributed by atoms with van der Waals surface area (Å²) in [6.07, 6.45) is -4.80. The second-order valence-electron chi connectivity index (χ2n) is 9.88. The average Bonchev–Trinajstić information content (AvgIpc) is 3.40. The van der Waals surface area contributed by atoms with Crippen molar-refractivity contribution < 1.29 is 41.5 Å². The van der Waals surface area contributed by atoms with E-state index in [4.69, 9.17) is 11.5 Å². The summed E-state index contributed by atoms with van der Waals surface area (Å²) in [7, 11) is -4.65. The highest BCUT2D eigenvalue weighted by atomic mass is 32.2. The molecule has 14 nitrogen and oxygen atoms in total. The quantitative estimate of drug-likeness (QED) is 0.253. The molecule has 7 N–H and O–H groups in total. The molecule has 1 aromatic carbocycles. The molecule has 4 aliphatic heterocycles. The molecule has 2 saturated heterocycles. The van der Waals surface area contributed by atoms with Crippen molar-refractivity contribution >= 4 is 33.8 Å². The van der Waals surface area contributed by atoms with E-state index >= 15 is 0 Å². The number of guanidine groups is 2. The lowest BCUT2D eigenvalue weighted by atomic mass is 9.78. The molecule has 0 saturated carbocycles. The van der Waals surface area contributed by atoms with Gasteiger partial charge in [0.05, 0.1) is 29.1 Å². The molecule has 0 radical (unpaired) electrons. The molecule has 1 spiro atoms. The lowest BCUT2D eigenvalue weighted by Gasteiger charge is -2.52. The third kappa shape index (κ3) is 3.84. The van der Waals surface area contributed by atoms with Crippen molar-refractivity contribution in [3.63, 3.8) is 0 Å². The van der Waals surface area contributed by atoms with Gasteiger partial charge in [-0.05, 0) is 25.1 Å². The Balaban J connectivity index is 1.52. The highest BCUT2D eigenvalue weighted by Crippen LogP contribution is 2.50. The number of aliphatic imine (C=N–C) groups is 2. The van der Waals surface area contributed by atoms with Gasteiger partial charge in [-0.1, -0.05) is 6.07 Å². The summed E-state index contributed by atoms with van der Waals surface area (Å²) in [4.78, 5) is 34.5. The van der Waals surface area contributed by atoms with E-state index < -0.39 is 80.4 Å². The number of likely N-dealkylation sites (tertiary alicyclic amines) is 1. The zero-order chi connectivity index (χ0) is 28.7. The largest absolute Gasteiger partial charge is 0.416 e. The Kier molecular flexibility index (Phi) is 5.91. The molecule has 0 aliphatic carbocycles. The van der Waals surface area contributed by atoms with E-state index in [1.807, 2.05) is 0 Å². The van der Waals surface area contributed by atoms with Crippen LogP contribution in [0.1, 0.15) is 25.3 Å². The van der Waals surface area contributed by atoms with Crippen LogP contribution in [0.15, 0.2) is 39.1 Å². The number of hydrogen-bond donors (Lipinski definition) is 5. The van der Waals surface area contributed by atoms with Gasteiger partial charge >= 0.3 is 6.18 Å². The van der Waals surface area contributed by atoms with Crippen molar-refractivity contribution in [2.45, 2.75) is 60.2 Å². The average molecular weight is 575 g/mol. The Hall–Kier alpha value is -3.48. The monoisotopic (exact) mass is 574 g/mol. The molecule has 39 heavy (non-hydrogen) atoms. The number of amides is 2. The van der Waals surface area contributed by atoms with Gasteiger partial charge in [-0.2, -0.15) is 18.2 Å². The Morgan fingerprint density at radius 2 is 1.79 bits per heavy atom. The zero-order valence-corrected chi connectivity index (χ0v) is 21.1. The highest BCUT2D eigenvalue weighted by molar-refractivity contribution is 7.89. The Morgan fingerprint density at radius 1 is 1.15 bits per heavy atom. The number of sulfonamides is 1. The van der Waals surface area contributed by atoms with Gasteiger partial charge in [0.25, 0.3) is 0 Å². The van der Waals surface area contributed by atoms with Crippen LogP contribution in [0.3, 0.4) is 0 Å². The summed E-state index contributed by atoms with van der Waals surface area (Å²) in [5, 5.41) is 23.3. The molecule has 4 heterocycles. The van der Waals surface area contributed by atoms with Gasteiger partial charge in [-0.25, -0.2) is 23.1 Å². The molecule has 2 amide bonds. The van der Waals surface area contributed by atoms with Gasteiger partial charge in [0.2, 0.25) is 27.8 Å². The first-order valence-corrected chi connectivity index (χ1v) is 13.2. The standard InChI is InChI=1S/C21H25F3N8O6S/c1-19(35)13(29-39(37,38)11-4-2-3-10(7-11)21(22,23)24)9-31-17(25)27-12(8-30-14(33)5-6-15(30)34)16-20(19,31)32(36)18(26)28-16/h2-4,7,12-13,16,29,35-36H,5-6,8-9H2,1H3,(H2,25,27)(H2,26,28)/t12?,13-,16?,19?,20?/m0/s1. The van der Waals surface area contributed by atoms with E-state index in [1.54, 1.807) is 0 Å². The molecule has 5 atom stereocenters. The summed E-state index contributed by atoms with van der Waals surface area (Å²) in [6, 6.07) is -0.741. The minimum Gasteiger partial charge on any atom is -0.384 e. The minimum absolute atomic E-state index is 0.00131. The summed E-state index contributed by atoms with van der Waals surface area (Å²) >= 11 is 0. The lowest BCUT2D eigenvalue weighted by molar-refractivity contribution is -0.218. The number of hydrogen-bond acceptors (Lipinski definition) is 12. The first-order chi connectivity index (χ1) is 18.0. The second kappa shape index (κ2) is 8.51. The molecule has 1 aromatic rings. The van der Waals surface area contributed by atoms with Crippen LogP contribution in [-0.2, 0) is 25.8 Å². The van der Waals surface area contributed by atoms with Gasteiger partial charge in [0.1, 0.15) is 11.6 Å². The molecule has 212 valence electrons. The second-order valence-corrected chi connectivity index (χ2v) is 11.6. The van der Waals surface area contributed by atoms with E-state index in [9.17, 15) is 41.5 Å². The lowest BCUT2D eigenvalue weighted by Crippen LogP contribution is -2.77. The number of nitrogens with zero attached hydrogens (tertiary/aromatic N) is 5. The van der Waals surface area contributed by atoms with Crippen LogP contribution in [0, 0.1) is 0 Å². The smallest absolute Gasteiger partial charge is 0.384 e. The molecular formula is C21H25F3N8O6S. The molecule has 18 heteroatoms. The van der Waals surface area contributed by atoms with E-state index in [-0.39, 0.29) is 25.3 Å². The number of nitrogens with one attached hydrogen (secondary N) is 1. The van der Waals surface area contributed by atoms with Crippen LogP contribution >= 0.6 is 0 Å². The van der Waals surface area contributed by atoms with E-state index in [2.05, 4.69) is 14.7 Å². The van der Waals surface area contributed by atoms with Crippen molar-refractivity contribution in [2.24, 2.45) is 21.5 Å². The number of carbonyl (C=O) groups excluding carboxylic acids is 2. The SMILES string of the molecule is CC1(O)[C@@H](NS(=O)(=O)c2cccc(C(F)(F)F)c2)CN2C(N)=NC(CN3C(=O)CCC3=O)C3N=C(N)N(O)C321. The maximum absolute atomic E-state index is 13.2. The molecule has 2 fully saturated rings. The van der Waals surface area contributed by atoms with Crippen LogP contribution in [0.5, 0.6) is 0 Å². The van der Waals surface area contributed by atoms with Crippen molar-refractivity contribution in [3.05, 3.63) is 29.8 Å². The van der Waals surface area contributed by atoms with Crippen LogP contribution in [0.25, 0.3) is 0 Å². The number of nitrogens with two attached hydrogens (primary N) is 2. The van der Waals surface area contributed by atoms with Crippen molar-refractivity contribution in [2.75, 3.05) is 13.1 Å². The Labute approximate surface area is 219 Å². The van der Waals surface area contributed by atoms with Crippen molar-refractivity contribution in [3.8, 4) is 0 Å². The van der Waals surface area contributed by atoms with Gasteiger partial charge in [0, 0.05) is 19.4 Å². The maximum atomic E-state index is 13.2. The third-order valence-corrected chi connectivity index (χ3v) is 9.13. The highest BCUT2D eigenvalue weighted by Gasteiger charge is 2.75. The van der Waals surface area contributed by atoms with E-state index in [0.717, 1.165) is 17.0 Å². The molecule has 0 bridgehead atoms. The normalized spacial score (nSPS) is 32.9. The molecule has 4 aliphatic rings. The zero-order valence-electron chi connectivity index (χ0n) is 20.3. The molecular weight excluding hydrogens is 549 g/mol. The van der Waals surface area contributed by atoms with Gasteiger partial charge in [0.15, 0.2) is 11.6 Å². The summed E-state index contributed by atoms with van der Waals surface area (Å²) in [5.41, 5.74) is 6.60. The fraction of sp³-hybridized carbons (Fsp3) is 0.524. The number of hydroxylamine groups is 2. The number of halogens is 3. The van der Waals surface area contributed by atoms with Crippen LogP contribution in [0.4, 0.5) is 13.2 Å². The van der Waals surface area contributed by atoms with Crippen LogP contribution in [0.2, 0.25) is 0 Å². The number of rotatable bonds is 5. The third-order valence-electron chi connectivity index (χ3n) is 7.66. The topological polar surface area (TPSA) is 207 Å². The number of benzene rings is 1. The molecule has 5 rings (SSSR count). The Bertz CT molecular complexity index is 1400. The number of aliphatic hydroxyl groups is 1. The van der Waals surface area contributed by atoms with Crippen molar-refractivity contribution in [1.82, 2.24) is 19.6 Å². The number of carbonyl (C=O) groups is 2. The molecule has 4 unspecified atom stereocenters. The fourth-order valence-corrected chi connectivity index (χ4v) is 7.09. The fourth-order valence-electron chi connectivity index (χ4n) is 5.74. The van der Waals surface area contributed by atoms with Crippen molar-refractivity contribution in [1.29, 1.82) is 0 Å². The van der Waals surface area contributed by atoms with E-state index in [1.165, 1.54) is 11.8 Å². The van der Waals surface area contributed by atoms with Crippen LogP contribution in [-0.4, -0.2) is 99.8 Å². The summed E-state index contributed by atoms with van der Waals surface area (Å²) < 4.78 is 68.1. The Morgan fingerprint density at radius 3 is 2.41 bits per heavy atom. The van der Waals surface area contributed by atoms with E-state index in [0.29, 0.717) is 17.2 Å². The van der Waals surface area contributed by atoms with Gasteiger partial charge < -0.3 is 21.5 Å². The number of alkyl halides is 3. The first kappa shape index (κ1) is 27.1.